The van der Waals surface area contributed by atoms with Crippen molar-refractivity contribution in [3.63, 3.8) is 0 Å². The Hall–Kier alpha value is -2.94. The van der Waals surface area contributed by atoms with Crippen molar-refractivity contribution in [1.82, 2.24) is 9.88 Å². The van der Waals surface area contributed by atoms with Gasteiger partial charge in [-0.15, -0.1) is 11.3 Å². The number of carboxylic acids is 1. The van der Waals surface area contributed by atoms with E-state index < -0.39 is 17.9 Å². The summed E-state index contributed by atoms with van der Waals surface area (Å²) in [6.45, 7) is 1.17. The number of aromatic nitrogens is 1. The molecule has 32 heavy (non-hydrogen) atoms. The van der Waals surface area contributed by atoms with Crippen LogP contribution in [0.25, 0.3) is 0 Å². The number of nitrogens with two attached hydrogens (primary N) is 1. The van der Waals surface area contributed by atoms with E-state index in [4.69, 9.17) is 28.9 Å². The number of anilines is 1. The monoisotopic (exact) mass is 491 g/mol. The largest absolute Gasteiger partial charge is 0.480 e. The van der Waals surface area contributed by atoms with Crippen molar-refractivity contribution in [3.05, 3.63) is 79.7 Å². The zero-order valence-electron chi connectivity index (χ0n) is 16.9. The van der Waals surface area contributed by atoms with Gasteiger partial charge in [0.2, 0.25) is 0 Å². The highest BCUT2D eigenvalue weighted by atomic mass is 35.5. The van der Waals surface area contributed by atoms with E-state index in [0.717, 1.165) is 11.3 Å². The van der Waals surface area contributed by atoms with Gasteiger partial charge < -0.3 is 15.7 Å². The molecule has 1 aromatic carbocycles. The molecule has 0 unspecified atom stereocenters. The number of aliphatic carboxylic acids is 1. The molecule has 3 aromatic rings. The van der Waals surface area contributed by atoms with Gasteiger partial charge in [-0.25, -0.2) is 4.79 Å². The van der Waals surface area contributed by atoms with Gasteiger partial charge in [0.05, 0.1) is 20.5 Å². The molecular formula is C22H19Cl2N3O4S. The summed E-state index contributed by atoms with van der Waals surface area (Å²) in [5.74, 6) is -2.10. The highest BCUT2D eigenvalue weighted by Gasteiger charge is 2.33. The molecule has 3 rings (SSSR count). The van der Waals surface area contributed by atoms with Gasteiger partial charge in [0.25, 0.3) is 5.91 Å². The fraction of sp³-hybridized carbons (Fsp3) is 0.182. The molecule has 0 spiro atoms. The van der Waals surface area contributed by atoms with Crippen LogP contribution in [0.4, 0.5) is 5.69 Å². The number of pyridine rings is 1. The summed E-state index contributed by atoms with van der Waals surface area (Å²) in [4.78, 5) is 43.2. The van der Waals surface area contributed by atoms with Crippen LogP contribution in [0.15, 0.2) is 48.1 Å². The fourth-order valence-electron chi connectivity index (χ4n) is 3.20. The maximum absolute atomic E-state index is 13.5. The Morgan fingerprint density at radius 3 is 2.31 bits per heavy atom. The number of ketones is 1. The second-order valence-corrected chi connectivity index (χ2v) is 8.76. The Bertz CT molecular complexity index is 1140. The molecule has 0 radical (unpaired) electrons. The number of carboxylic acid groups (broad SMARTS) is 1. The van der Waals surface area contributed by atoms with Crippen molar-refractivity contribution in [2.24, 2.45) is 0 Å². The molecule has 7 nitrogen and oxygen atoms in total. The number of hydrogen-bond donors (Lipinski definition) is 2. The van der Waals surface area contributed by atoms with Crippen LogP contribution in [0.3, 0.4) is 0 Å². The number of amides is 1. The second-order valence-electron chi connectivity index (χ2n) is 7.03. The third-order valence-electron chi connectivity index (χ3n) is 4.83. The minimum Gasteiger partial charge on any atom is -0.480 e. The molecule has 166 valence electrons. The first-order valence-corrected chi connectivity index (χ1v) is 11.1. The lowest BCUT2D eigenvalue weighted by molar-refractivity contribution is -0.142. The first kappa shape index (κ1) is 23.7. The molecular weight excluding hydrogens is 473 g/mol. The van der Waals surface area contributed by atoms with Crippen LogP contribution in [-0.2, 0) is 17.8 Å². The van der Waals surface area contributed by atoms with E-state index in [1.807, 2.05) is 0 Å². The van der Waals surface area contributed by atoms with E-state index in [9.17, 15) is 19.5 Å². The number of carbonyl (C=O) groups excluding carboxylic acids is 2. The Morgan fingerprint density at radius 2 is 1.75 bits per heavy atom. The molecule has 1 amide bonds. The molecule has 3 N–H and O–H groups in total. The van der Waals surface area contributed by atoms with E-state index in [-0.39, 0.29) is 39.2 Å². The predicted octanol–water partition coefficient (Wildman–Crippen LogP) is 4.57. The van der Waals surface area contributed by atoms with Crippen LogP contribution in [0.2, 0.25) is 10.0 Å². The standard InChI is InChI=1S/C22H19Cl2N3O4S/c1-12(28)20-15(6-7-32-20)21(29)27(11-16-17(23)9-26-10-18(16)24)19(22(30)31)8-13-2-4-14(25)5-3-13/h2-7,9-10,19H,8,11,25H2,1H3,(H,30,31)/t19-/m0/s1. The van der Waals surface area contributed by atoms with Crippen LogP contribution in [0.1, 0.15) is 38.1 Å². The summed E-state index contributed by atoms with van der Waals surface area (Å²) < 4.78 is 0. The third-order valence-corrected chi connectivity index (χ3v) is 6.49. The van der Waals surface area contributed by atoms with E-state index in [1.165, 1.54) is 30.3 Å². The molecule has 2 heterocycles. The lowest BCUT2D eigenvalue weighted by Gasteiger charge is -2.30. The van der Waals surface area contributed by atoms with Crippen molar-refractivity contribution < 1.29 is 19.5 Å². The Morgan fingerprint density at radius 1 is 1.12 bits per heavy atom. The summed E-state index contributed by atoms with van der Waals surface area (Å²) >= 11 is 13.6. The minimum absolute atomic E-state index is 0.0151. The van der Waals surface area contributed by atoms with E-state index in [0.29, 0.717) is 16.8 Å². The second kappa shape index (κ2) is 10.1. The smallest absolute Gasteiger partial charge is 0.326 e. The quantitative estimate of drug-likeness (QED) is 0.352. The number of thiophene rings is 1. The molecule has 0 aliphatic carbocycles. The summed E-state index contributed by atoms with van der Waals surface area (Å²) in [5.41, 5.74) is 7.43. The number of Topliss-reactive ketones (excluding diaryl/α,β-unsaturated/α-hetero) is 1. The lowest BCUT2D eigenvalue weighted by Crippen LogP contribution is -2.46. The van der Waals surface area contributed by atoms with Crippen molar-refractivity contribution in [2.45, 2.75) is 25.9 Å². The van der Waals surface area contributed by atoms with E-state index in [1.54, 1.807) is 29.6 Å². The molecule has 0 fully saturated rings. The number of hydrogen-bond acceptors (Lipinski definition) is 6. The summed E-state index contributed by atoms with van der Waals surface area (Å²) in [7, 11) is 0. The van der Waals surface area contributed by atoms with Crippen molar-refractivity contribution >= 4 is 57.9 Å². The first-order valence-electron chi connectivity index (χ1n) is 9.43. The van der Waals surface area contributed by atoms with Crippen LogP contribution in [0, 0.1) is 0 Å². The van der Waals surface area contributed by atoms with Crippen LogP contribution < -0.4 is 5.73 Å². The van der Waals surface area contributed by atoms with Gasteiger partial charge in [-0.2, -0.15) is 0 Å². The highest BCUT2D eigenvalue weighted by Crippen LogP contribution is 2.28. The zero-order valence-corrected chi connectivity index (χ0v) is 19.2. The summed E-state index contributed by atoms with van der Waals surface area (Å²) in [5, 5.41) is 12.1. The Kier molecular flexibility index (Phi) is 7.50. The van der Waals surface area contributed by atoms with Gasteiger partial charge in [0, 0.05) is 36.6 Å². The van der Waals surface area contributed by atoms with Crippen molar-refractivity contribution in [3.8, 4) is 0 Å². The molecule has 0 bridgehead atoms. The predicted molar refractivity (Wildman–Crippen MR) is 124 cm³/mol. The lowest BCUT2D eigenvalue weighted by atomic mass is 10.0. The van der Waals surface area contributed by atoms with Gasteiger partial charge in [0.1, 0.15) is 6.04 Å². The molecule has 10 heteroatoms. The number of nitrogens with zero attached hydrogens (tertiary/aromatic N) is 2. The molecule has 0 saturated heterocycles. The van der Waals surface area contributed by atoms with Gasteiger partial charge >= 0.3 is 5.97 Å². The molecule has 0 aliphatic heterocycles. The van der Waals surface area contributed by atoms with Gasteiger partial charge in [-0.1, -0.05) is 35.3 Å². The van der Waals surface area contributed by atoms with Crippen LogP contribution in [0.5, 0.6) is 0 Å². The number of carbonyl (C=O) groups is 3. The summed E-state index contributed by atoms with van der Waals surface area (Å²) in [6, 6.07) is 6.96. The topological polar surface area (TPSA) is 114 Å². The van der Waals surface area contributed by atoms with E-state index in [2.05, 4.69) is 4.98 Å². The number of rotatable bonds is 8. The van der Waals surface area contributed by atoms with Crippen LogP contribution in [-0.4, -0.2) is 38.7 Å². The first-order chi connectivity index (χ1) is 15.2. The normalized spacial score (nSPS) is 11.7. The molecule has 1 atom stereocenters. The average Bonchev–Trinajstić information content (AvgIpc) is 3.23. The molecule has 0 aliphatic rings. The van der Waals surface area contributed by atoms with Gasteiger partial charge in [0.15, 0.2) is 5.78 Å². The zero-order chi connectivity index (χ0) is 23.4. The highest BCUT2D eigenvalue weighted by molar-refractivity contribution is 7.12. The van der Waals surface area contributed by atoms with Crippen molar-refractivity contribution in [2.75, 3.05) is 5.73 Å². The summed E-state index contributed by atoms with van der Waals surface area (Å²) in [6.07, 6.45) is 2.75. The van der Waals surface area contributed by atoms with Gasteiger partial charge in [-0.05, 0) is 36.1 Å². The molecule has 2 aromatic heterocycles. The Balaban J connectivity index is 2.07. The number of nitrogen functional groups attached to an aromatic ring is 1. The minimum atomic E-state index is -1.26. The Labute approximate surface area is 198 Å². The van der Waals surface area contributed by atoms with Gasteiger partial charge in [-0.3, -0.25) is 14.6 Å². The van der Waals surface area contributed by atoms with E-state index >= 15 is 0 Å². The SMILES string of the molecule is CC(=O)c1sccc1C(=O)N(Cc1c(Cl)cncc1Cl)[C@@H](Cc1ccc(N)cc1)C(=O)O. The average molecular weight is 492 g/mol. The maximum atomic E-state index is 13.5. The number of halogens is 2. The molecule has 0 saturated carbocycles. The van der Waals surface area contributed by atoms with Crippen LogP contribution >= 0.6 is 34.5 Å². The van der Waals surface area contributed by atoms with Crippen molar-refractivity contribution in [1.29, 1.82) is 0 Å². The third kappa shape index (κ3) is 5.27. The maximum Gasteiger partial charge on any atom is 0.326 e. The fourth-order valence-corrected chi connectivity index (χ4v) is 4.47. The number of benzene rings is 1.